The lowest BCUT2D eigenvalue weighted by Gasteiger charge is -2.20. The average molecular weight is 586 g/mol. The Morgan fingerprint density at radius 3 is 1.84 bits per heavy atom. The van der Waals surface area contributed by atoms with E-state index in [0.29, 0.717) is 6.54 Å². The molecular weight excluding hydrogens is 546 g/mol. The van der Waals surface area contributed by atoms with E-state index >= 15 is 0 Å². The van der Waals surface area contributed by atoms with Crippen molar-refractivity contribution in [2.24, 2.45) is 0 Å². The number of benzene rings is 3. The first-order valence-electron chi connectivity index (χ1n) is 14.4. The first-order valence-corrected chi connectivity index (χ1v) is 14.4. The molecular formula is C34H39N3O6. The van der Waals surface area contributed by atoms with Crippen LogP contribution in [0.1, 0.15) is 68.7 Å². The van der Waals surface area contributed by atoms with Gasteiger partial charge >= 0.3 is 12.2 Å². The molecule has 0 aliphatic heterocycles. The van der Waals surface area contributed by atoms with Gasteiger partial charge in [0, 0.05) is 25.4 Å². The van der Waals surface area contributed by atoms with E-state index in [1.165, 1.54) is 6.92 Å². The van der Waals surface area contributed by atoms with Crippen LogP contribution in [0.15, 0.2) is 72.8 Å². The fourth-order valence-corrected chi connectivity index (χ4v) is 4.97. The van der Waals surface area contributed by atoms with E-state index in [1.807, 2.05) is 60.7 Å². The molecule has 4 rings (SSSR count). The quantitative estimate of drug-likeness (QED) is 0.269. The van der Waals surface area contributed by atoms with Crippen LogP contribution in [0.2, 0.25) is 0 Å². The van der Waals surface area contributed by atoms with Crippen molar-refractivity contribution < 1.29 is 28.7 Å². The Morgan fingerprint density at radius 2 is 1.30 bits per heavy atom. The van der Waals surface area contributed by atoms with Gasteiger partial charge in [-0.3, -0.25) is 4.79 Å². The molecule has 0 heterocycles. The maximum atomic E-state index is 13.1. The standard InChI is InChI=1S/C34H39N3O6/c1-22(38)13-18-30(31(39)35-19-23-14-16-24(17-15-23)20-36-32(40)43-34(2,3)4)37-33(41)42-21-29-27-11-7-5-9-25(27)26-10-6-8-12-28(26)29/h5-12,14-17,29-30H,13,18-21H2,1-4H3,(H,35,39)(H,36,40)(H,37,41)/t30-/m0/s1. The SMILES string of the molecule is CC(=O)CC[C@H](NC(=O)OCC1c2ccccc2-c2ccccc21)C(=O)NCc1ccc(CNC(=O)OC(C)(C)C)cc1. The van der Waals surface area contributed by atoms with Gasteiger partial charge in [0.25, 0.3) is 0 Å². The molecule has 9 heteroatoms. The molecule has 3 amide bonds. The van der Waals surface area contributed by atoms with Gasteiger partial charge in [0.05, 0.1) is 0 Å². The third kappa shape index (κ3) is 8.91. The minimum atomic E-state index is -0.933. The molecule has 0 saturated heterocycles. The number of fused-ring (bicyclic) bond motifs is 3. The smallest absolute Gasteiger partial charge is 0.407 e. The molecule has 0 unspecified atom stereocenters. The number of rotatable bonds is 11. The lowest BCUT2D eigenvalue weighted by Crippen LogP contribution is -2.47. The summed E-state index contributed by atoms with van der Waals surface area (Å²) in [7, 11) is 0. The van der Waals surface area contributed by atoms with Crippen LogP contribution in [0.4, 0.5) is 9.59 Å². The zero-order valence-corrected chi connectivity index (χ0v) is 25.1. The van der Waals surface area contributed by atoms with Crippen molar-refractivity contribution in [1.82, 2.24) is 16.0 Å². The van der Waals surface area contributed by atoms with Crippen molar-refractivity contribution in [2.45, 2.75) is 71.2 Å². The predicted molar refractivity (Wildman–Crippen MR) is 163 cm³/mol. The van der Waals surface area contributed by atoms with Crippen LogP contribution in [0.25, 0.3) is 11.1 Å². The van der Waals surface area contributed by atoms with Crippen LogP contribution >= 0.6 is 0 Å². The molecule has 1 aliphatic carbocycles. The monoisotopic (exact) mass is 585 g/mol. The second-order valence-corrected chi connectivity index (χ2v) is 11.7. The number of hydrogen-bond donors (Lipinski definition) is 3. The molecule has 1 aliphatic rings. The Labute approximate surface area is 252 Å². The van der Waals surface area contributed by atoms with Crippen LogP contribution in [-0.4, -0.2) is 42.1 Å². The number of alkyl carbamates (subject to hydrolysis) is 2. The Kier molecular flexibility index (Phi) is 10.2. The Balaban J connectivity index is 1.30. The van der Waals surface area contributed by atoms with Crippen molar-refractivity contribution in [2.75, 3.05) is 6.61 Å². The zero-order chi connectivity index (χ0) is 31.0. The van der Waals surface area contributed by atoms with Gasteiger partial charge in [0.15, 0.2) is 0 Å². The van der Waals surface area contributed by atoms with Gasteiger partial charge in [-0.25, -0.2) is 9.59 Å². The van der Waals surface area contributed by atoms with Crippen LogP contribution in [-0.2, 0) is 32.2 Å². The van der Waals surface area contributed by atoms with E-state index in [9.17, 15) is 19.2 Å². The number of ketones is 1. The summed E-state index contributed by atoms with van der Waals surface area (Å²) in [5, 5.41) is 8.20. The summed E-state index contributed by atoms with van der Waals surface area (Å²) < 4.78 is 10.9. The van der Waals surface area contributed by atoms with Crippen LogP contribution in [0.5, 0.6) is 0 Å². The molecule has 0 aromatic heterocycles. The number of Topliss-reactive ketones (excluding diaryl/α,β-unsaturated/α-hetero) is 1. The third-order valence-electron chi connectivity index (χ3n) is 7.06. The molecule has 43 heavy (non-hydrogen) atoms. The molecule has 0 spiro atoms. The number of carbonyl (C=O) groups is 4. The number of nitrogens with one attached hydrogen (secondary N) is 3. The summed E-state index contributed by atoms with van der Waals surface area (Å²) in [5.41, 5.74) is 5.56. The highest BCUT2D eigenvalue weighted by Crippen LogP contribution is 2.44. The number of ether oxygens (including phenoxy) is 2. The van der Waals surface area contributed by atoms with Crippen molar-refractivity contribution in [1.29, 1.82) is 0 Å². The number of hydrogen-bond acceptors (Lipinski definition) is 6. The number of amides is 3. The van der Waals surface area contributed by atoms with E-state index in [0.717, 1.165) is 33.4 Å². The second kappa shape index (κ2) is 14.0. The first-order chi connectivity index (χ1) is 20.5. The van der Waals surface area contributed by atoms with E-state index < -0.39 is 29.7 Å². The second-order valence-electron chi connectivity index (χ2n) is 11.7. The normalized spacial score (nSPS) is 12.8. The highest BCUT2D eigenvalue weighted by atomic mass is 16.6. The number of carbonyl (C=O) groups excluding carboxylic acids is 4. The topological polar surface area (TPSA) is 123 Å². The first kappa shape index (κ1) is 31.3. The molecule has 0 radical (unpaired) electrons. The highest BCUT2D eigenvalue weighted by molar-refractivity contribution is 5.86. The minimum Gasteiger partial charge on any atom is -0.449 e. The molecule has 0 fully saturated rings. The molecule has 3 aromatic rings. The van der Waals surface area contributed by atoms with Crippen molar-refractivity contribution in [3.05, 3.63) is 95.1 Å². The molecule has 3 aromatic carbocycles. The van der Waals surface area contributed by atoms with Crippen LogP contribution in [0.3, 0.4) is 0 Å². The van der Waals surface area contributed by atoms with Crippen LogP contribution in [0, 0.1) is 0 Å². The largest absolute Gasteiger partial charge is 0.449 e. The zero-order valence-electron chi connectivity index (χ0n) is 25.1. The van der Waals surface area contributed by atoms with Gasteiger partial charge in [0.1, 0.15) is 24.0 Å². The average Bonchev–Trinajstić information content (AvgIpc) is 3.29. The molecule has 9 nitrogen and oxygen atoms in total. The summed E-state index contributed by atoms with van der Waals surface area (Å²) in [4.78, 5) is 49.4. The third-order valence-corrected chi connectivity index (χ3v) is 7.06. The molecule has 1 atom stereocenters. The molecule has 0 saturated carbocycles. The van der Waals surface area contributed by atoms with Crippen LogP contribution < -0.4 is 16.0 Å². The van der Waals surface area contributed by atoms with Gasteiger partial charge in [-0.15, -0.1) is 0 Å². The minimum absolute atomic E-state index is 0.0808. The molecule has 226 valence electrons. The van der Waals surface area contributed by atoms with Crippen molar-refractivity contribution >= 4 is 23.9 Å². The summed E-state index contributed by atoms with van der Waals surface area (Å²) in [6.07, 6.45) is -0.918. The fraction of sp³-hybridized carbons (Fsp3) is 0.353. The van der Waals surface area contributed by atoms with Crippen molar-refractivity contribution in [3.63, 3.8) is 0 Å². The molecule has 0 bridgehead atoms. The maximum absolute atomic E-state index is 13.1. The van der Waals surface area contributed by atoms with E-state index in [1.54, 1.807) is 20.8 Å². The van der Waals surface area contributed by atoms with E-state index in [2.05, 4.69) is 28.1 Å². The highest BCUT2D eigenvalue weighted by Gasteiger charge is 2.30. The van der Waals surface area contributed by atoms with Gasteiger partial charge < -0.3 is 30.2 Å². The Bertz CT molecular complexity index is 1420. The van der Waals surface area contributed by atoms with Gasteiger partial charge in [-0.05, 0) is 67.5 Å². The van der Waals surface area contributed by atoms with Gasteiger partial charge in [0.2, 0.25) is 5.91 Å². The van der Waals surface area contributed by atoms with Gasteiger partial charge in [-0.2, -0.15) is 0 Å². The molecule has 3 N–H and O–H groups in total. The Hall–Kier alpha value is -4.66. The Morgan fingerprint density at radius 1 is 0.767 bits per heavy atom. The predicted octanol–water partition coefficient (Wildman–Crippen LogP) is 5.60. The fourth-order valence-electron chi connectivity index (χ4n) is 4.97. The summed E-state index contributed by atoms with van der Waals surface area (Å²) in [6.45, 7) is 7.49. The maximum Gasteiger partial charge on any atom is 0.407 e. The summed E-state index contributed by atoms with van der Waals surface area (Å²) in [6, 6.07) is 22.6. The summed E-state index contributed by atoms with van der Waals surface area (Å²) >= 11 is 0. The van der Waals surface area contributed by atoms with Crippen molar-refractivity contribution in [3.8, 4) is 11.1 Å². The summed E-state index contributed by atoms with van der Waals surface area (Å²) in [5.74, 6) is -0.599. The van der Waals surface area contributed by atoms with E-state index in [-0.39, 0.29) is 37.7 Å². The lowest BCUT2D eigenvalue weighted by molar-refractivity contribution is -0.123. The van der Waals surface area contributed by atoms with Gasteiger partial charge in [-0.1, -0.05) is 72.8 Å². The lowest BCUT2D eigenvalue weighted by atomic mass is 9.98. The van der Waals surface area contributed by atoms with E-state index in [4.69, 9.17) is 9.47 Å².